The topological polar surface area (TPSA) is 47.9 Å². The maximum atomic E-state index is 8.62. The number of aryl methyl sites for hydroxylation is 1. The fourth-order valence-electron chi connectivity index (χ4n) is 1.32. The summed E-state index contributed by atoms with van der Waals surface area (Å²) in [4.78, 5) is 0. The predicted octanol–water partition coefficient (Wildman–Crippen LogP) is 1.19. The van der Waals surface area contributed by atoms with Crippen molar-refractivity contribution in [3.63, 3.8) is 0 Å². The van der Waals surface area contributed by atoms with Crippen LogP contribution in [0.2, 0.25) is 0 Å². The first-order valence-electron chi connectivity index (χ1n) is 4.55. The zero-order chi connectivity index (χ0) is 11.3. The highest BCUT2D eigenvalue weighted by Crippen LogP contribution is 2.30. The van der Waals surface area contributed by atoms with Crippen LogP contribution in [0.4, 0.5) is 0 Å². The van der Waals surface area contributed by atoms with Gasteiger partial charge in [0.15, 0.2) is 6.79 Å². The van der Waals surface area contributed by atoms with Gasteiger partial charge in [-0.15, -0.1) is 0 Å². The van der Waals surface area contributed by atoms with Crippen molar-refractivity contribution in [3.05, 3.63) is 23.3 Å². The minimum Gasteiger partial charge on any atom is -0.537 e. The molecular formula is C10H14BO4. The van der Waals surface area contributed by atoms with Crippen molar-refractivity contribution in [3.8, 4) is 11.5 Å². The second kappa shape index (κ2) is 5.63. The van der Waals surface area contributed by atoms with E-state index in [-0.39, 0.29) is 6.79 Å². The van der Waals surface area contributed by atoms with E-state index < -0.39 is 0 Å². The lowest BCUT2D eigenvalue weighted by Gasteiger charge is -2.14. The van der Waals surface area contributed by atoms with Gasteiger partial charge in [-0.3, -0.25) is 0 Å². The number of benzene rings is 1. The van der Waals surface area contributed by atoms with Gasteiger partial charge in [-0.1, -0.05) is 6.07 Å². The molecule has 5 heteroatoms. The van der Waals surface area contributed by atoms with E-state index in [0.717, 1.165) is 11.1 Å². The second-order valence-corrected chi connectivity index (χ2v) is 3.11. The summed E-state index contributed by atoms with van der Waals surface area (Å²) in [5.74, 6) is 1.28. The highest BCUT2D eigenvalue weighted by atomic mass is 16.7. The van der Waals surface area contributed by atoms with Gasteiger partial charge in [-0.2, -0.15) is 0 Å². The molecule has 0 unspecified atom stereocenters. The van der Waals surface area contributed by atoms with E-state index in [2.05, 4.69) is 0 Å². The Labute approximate surface area is 90.1 Å². The molecule has 1 radical (unpaired) electrons. The minimum atomic E-state index is 0.187. The zero-order valence-corrected chi connectivity index (χ0v) is 9.11. The third-order valence-electron chi connectivity index (χ3n) is 2.06. The van der Waals surface area contributed by atoms with Crippen molar-refractivity contribution in [1.29, 1.82) is 0 Å². The molecule has 0 heterocycles. The van der Waals surface area contributed by atoms with Gasteiger partial charge in [0.1, 0.15) is 11.5 Å². The minimum absolute atomic E-state index is 0.187. The van der Waals surface area contributed by atoms with E-state index in [1.165, 1.54) is 0 Å². The van der Waals surface area contributed by atoms with Gasteiger partial charge in [0.2, 0.25) is 0 Å². The van der Waals surface area contributed by atoms with Gasteiger partial charge in [0.25, 0.3) is 0 Å². The Morgan fingerprint density at radius 1 is 1.33 bits per heavy atom. The Morgan fingerprint density at radius 3 is 2.67 bits per heavy atom. The molecule has 1 aromatic rings. The monoisotopic (exact) mass is 209 g/mol. The van der Waals surface area contributed by atoms with Gasteiger partial charge >= 0.3 is 7.69 Å². The second-order valence-electron chi connectivity index (χ2n) is 3.11. The Balaban J connectivity index is 2.94. The predicted molar refractivity (Wildman–Crippen MR) is 57.0 cm³/mol. The lowest BCUT2D eigenvalue weighted by Crippen LogP contribution is -2.06. The maximum Gasteiger partial charge on any atom is 0.569 e. The zero-order valence-electron chi connectivity index (χ0n) is 9.11. The summed E-state index contributed by atoms with van der Waals surface area (Å²) in [5, 5.41) is 8.62. The van der Waals surface area contributed by atoms with E-state index in [4.69, 9.17) is 19.2 Å². The molecule has 0 bridgehead atoms. The van der Waals surface area contributed by atoms with Crippen molar-refractivity contribution in [2.45, 2.75) is 13.8 Å². The van der Waals surface area contributed by atoms with Crippen LogP contribution in [0.1, 0.15) is 11.1 Å². The standard InChI is InChI=1S/C10H14BO4/c1-7-4-5-9(14-6-13-3)8(2)10(7)15-11-12/h4-5,12H,6H2,1-3H3. The van der Waals surface area contributed by atoms with Crippen molar-refractivity contribution in [1.82, 2.24) is 0 Å². The molecule has 0 aliphatic rings. The molecule has 0 fully saturated rings. The molecule has 0 aromatic heterocycles. The van der Waals surface area contributed by atoms with Crippen molar-refractivity contribution in [2.24, 2.45) is 0 Å². The van der Waals surface area contributed by atoms with E-state index >= 15 is 0 Å². The van der Waals surface area contributed by atoms with Crippen LogP contribution in [-0.2, 0) is 4.74 Å². The summed E-state index contributed by atoms with van der Waals surface area (Å²) in [7, 11) is 2.22. The Bertz CT molecular complexity index is 327. The summed E-state index contributed by atoms with van der Waals surface area (Å²) in [6, 6.07) is 3.70. The molecule has 0 amide bonds. The van der Waals surface area contributed by atoms with Gasteiger partial charge in [-0.05, 0) is 25.5 Å². The molecule has 1 N–H and O–H groups in total. The molecule has 0 spiro atoms. The normalized spacial score (nSPS) is 9.87. The van der Waals surface area contributed by atoms with Crippen molar-refractivity contribution < 1.29 is 19.2 Å². The molecule has 0 saturated carbocycles. The van der Waals surface area contributed by atoms with Crippen LogP contribution in [0.3, 0.4) is 0 Å². The quantitative estimate of drug-likeness (QED) is 0.584. The first-order valence-corrected chi connectivity index (χ1v) is 4.55. The number of hydrogen-bond donors (Lipinski definition) is 1. The van der Waals surface area contributed by atoms with Crippen LogP contribution >= 0.6 is 0 Å². The highest BCUT2D eigenvalue weighted by Gasteiger charge is 2.09. The number of rotatable bonds is 5. The van der Waals surface area contributed by atoms with E-state index in [1.54, 1.807) is 7.11 Å². The van der Waals surface area contributed by atoms with Crippen LogP contribution < -0.4 is 9.39 Å². The molecular weight excluding hydrogens is 195 g/mol. The van der Waals surface area contributed by atoms with Crippen LogP contribution in [0.25, 0.3) is 0 Å². The number of methoxy groups -OCH3 is 1. The maximum absolute atomic E-state index is 8.62. The first-order chi connectivity index (χ1) is 7.20. The Kier molecular flexibility index (Phi) is 4.46. The van der Waals surface area contributed by atoms with E-state index in [0.29, 0.717) is 19.2 Å². The van der Waals surface area contributed by atoms with Crippen LogP contribution in [-0.4, -0.2) is 26.6 Å². The molecule has 4 nitrogen and oxygen atoms in total. The summed E-state index contributed by atoms with van der Waals surface area (Å²) < 4.78 is 15.1. The van der Waals surface area contributed by atoms with Gasteiger partial charge in [-0.25, -0.2) is 0 Å². The fourth-order valence-corrected chi connectivity index (χ4v) is 1.32. The van der Waals surface area contributed by atoms with Gasteiger partial charge in [0, 0.05) is 12.7 Å². The largest absolute Gasteiger partial charge is 0.569 e. The Hall–Kier alpha value is -1.20. The third-order valence-corrected chi connectivity index (χ3v) is 2.06. The van der Waals surface area contributed by atoms with Crippen molar-refractivity contribution >= 4 is 7.69 Å². The number of ether oxygens (including phenoxy) is 2. The molecule has 1 rings (SSSR count). The summed E-state index contributed by atoms with van der Waals surface area (Å²) in [6.45, 7) is 3.94. The van der Waals surface area contributed by atoms with Crippen LogP contribution in [0, 0.1) is 13.8 Å². The smallest absolute Gasteiger partial charge is 0.537 e. The SMILES string of the molecule is COCOc1ccc(C)c(O[B]O)c1C. The van der Waals surface area contributed by atoms with Crippen LogP contribution in [0.15, 0.2) is 12.1 Å². The summed E-state index contributed by atoms with van der Waals surface area (Å²) in [5.41, 5.74) is 1.76. The van der Waals surface area contributed by atoms with Gasteiger partial charge in [0.05, 0.1) is 0 Å². The Morgan fingerprint density at radius 2 is 2.07 bits per heavy atom. The lowest BCUT2D eigenvalue weighted by molar-refractivity contribution is 0.0505. The molecule has 0 atom stereocenters. The summed E-state index contributed by atoms with van der Waals surface area (Å²) in [6.07, 6.45) is 0. The van der Waals surface area contributed by atoms with Crippen LogP contribution in [0.5, 0.6) is 11.5 Å². The average Bonchev–Trinajstić information content (AvgIpc) is 2.23. The molecule has 81 valence electrons. The van der Waals surface area contributed by atoms with Crippen molar-refractivity contribution in [2.75, 3.05) is 13.9 Å². The molecule has 0 saturated heterocycles. The molecule has 1 aromatic carbocycles. The highest BCUT2D eigenvalue weighted by molar-refractivity contribution is 6.17. The van der Waals surface area contributed by atoms with E-state index in [1.807, 2.05) is 26.0 Å². The van der Waals surface area contributed by atoms with E-state index in [9.17, 15) is 0 Å². The fraction of sp³-hybridized carbons (Fsp3) is 0.400. The molecule has 0 aliphatic carbocycles. The number of hydrogen-bond acceptors (Lipinski definition) is 4. The van der Waals surface area contributed by atoms with Gasteiger partial charge < -0.3 is 19.2 Å². The molecule has 15 heavy (non-hydrogen) atoms. The molecule has 0 aliphatic heterocycles. The average molecular weight is 209 g/mol. The third kappa shape index (κ3) is 2.87. The lowest BCUT2D eigenvalue weighted by atomic mass is 10.1. The first kappa shape index (κ1) is 11.9. The summed E-state index contributed by atoms with van der Waals surface area (Å²) >= 11 is 0.